The number of aromatic nitrogens is 2. The zero-order valence-corrected chi connectivity index (χ0v) is 13.2. The highest BCUT2D eigenvalue weighted by molar-refractivity contribution is 7.89. The number of nitrogens with two attached hydrogens (primary N) is 1. The SMILES string of the molecule is CC1CN2CCCC2CN1S(=O)(=O)c1cnn(CCN)c1. The molecule has 0 saturated carbocycles. The molecule has 2 aliphatic heterocycles. The summed E-state index contributed by atoms with van der Waals surface area (Å²) in [5.41, 5.74) is 5.48. The molecular formula is C13H23N5O2S. The van der Waals surface area contributed by atoms with Crippen molar-refractivity contribution in [1.82, 2.24) is 19.0 Å². The Bertz CT molecular complexity index is 599. The first kappa shape index (κ1) is 15.0. The Morgan fingerprint density at radius 2 is 2.24 bits per heavy atom. The van der Waals surface area contributed by atoms with Crippen molar-refractivity contribution >= 4 is 10.0 Å². The Hall–Kier alpha value is -0.960. The number of hydrogen-bond donors (Lipinski definition) is 1. The summed E-state index contributed by atoms with van der Waals surface area (Å²) in [5.74, 6) is 0. The first-order valence-corrected chi connectivity index (χ1v) is 8.95. The molecule has 2 saturated heterocycles. The van der Waals surface area contributed by atoms with Crippen molar-refractivity contribution in [3.63, 3.8) is 0 Å². The lowest BCUT2D eigenvalue weighted by molar-refractivity contribution is 0.117. The first-order chi connectivity index (χ1) is 10.0. The van der Waals surface area contributed by atoms with Crippen molar-refractivity contribution in [3.05, 3.63) is 12.4 Å². The van der Waals surface area contributed by atoms with E-state index in [-0.39, 0.29) is 10.9 Å². The minimum absolute atomic E-state index is 0.00204. The fourth-order valence-electron chi connectivity index (χ4n) is 3.36. The number of rotatable bonds is 4. The van der Waals surface area contributed by atoms with Gasteiger partial charge in [-0.3, -0.25) is 9.58 Å². The van der Waals surface area contributed by atoms with Gasteiger partial charge >= 0.3 is 0 Å². The highest BCUT2D eigenvalue weighted by Gasteiger charge is 2.40. The van der Waals surface area contributed by atoms with Crippen molar-refractivity contribution < 1.29 is 8.42 Å². The third-order valence-electron chi connectivity index (χ3n) is 4.45. The molecule has 1 aromatic heterocycles. The number of piperazine rings is 1. The van der Waals surface area contributed by atoms with Gasteiger partial charge in [-0.1, -0.05) is 0 Å². The molecule has 0 radical (unpaired) electrons. The molecule has 7 nitrogen and oxygen atoms in total. The van der Waals surface area contributed by atoms with Gasteiger partial charge in [-0.05, 0) is 26.3 Å². The lowest BCUT2D eigenvalue weighted by atomic mass is 10.1. The predicted octanol–water partition coefficient (Wildman–Crippen LogP) is -0.301. The molecular weight excluding hydrogens is 290 g/mol. The van der Waals surface area contributed by atoms with E-state index in [0.717, 1.165) is 19.5 Å². The molecule has 118 valence electrons. The monoisotopic (exact) mass is 313 g/mol. The van der Waals surface area contributed by atoms with Crippen LogP contribution in [0.1, 0.15) is 19.8 Å². The van der Waals surface area contributed by atoms with E-state index < -0.39 is 10.0 Å². The lowest BCUT2D eigenvalue weighted by Gasteiger charge is -2.41. The molecule has 1 aromatic rings. The molecule has 2 aliphatic rings. The molecule has 3 rings (SSSR count). The van der Waals surface area contributed by atoms with Crippen LogP contribution in [0.2, 0.25) is 0 Å². The molecule has 2 fully saturated rings. The molecule has 21 heavy (non-hydrogen) atoms. The van der Waals surface area contributed by atoms with E-state index >= 15 is 0 Å². The van der Waals surface area contributed by atoms with Crippen molar-refractivity contribution in [2.24, 2.45) is 5.73 Å². The maximum absolute atomic E-state index is 12.8. The fourth-order valence-corrected chi connectivity index (χ4v) is 4.98. The number of fused-ring (bicyclic) bond motifs is 1. The zero-order chi connectivity index (χ0) is 15.0. The van der Waals surface area contributed by atoms with E-state index in [4.69, 9.17) is 5.73 Å². The van der Waals surface area contributed by atoms with Gasteiger partial charge in [-0.2, -0.15) is 9.40 Å². The summed E-state index contributed by atoms with van der Waals surface area (Å²) < 4.78 is 28.9. The Balaban J connectivity index is 1.82. The van der Waals surface area contributed by atoms with E-state index in [0.29, 0.717) is 25.7 Å². The Morgan fingerprint density at radius 1 is 1.43 bits per heavy atom. The summed E-state index contributed by atoms with van der Waals surface area (Å²) in [7, 11) is -3.46. The van der Waals surface area contributed by atoms with Gasteiger partial charge in [0.15, 0.2) is 0 Å². The predicted molar refractivity (Wildman–Crippen MR) is 79.2 cm³/mol. The van der Waals surface area contributed by atoms with E-state index in [1.165, 1.54) is 12.6 Å². The highest BCUT2D eigenvalue weighted by Crippen LogP contribution is 2.28. The van der Waals surface area contributed by atoms with Gasteiger partial charge in [0.1, 0.15) is 4.90 Å². The van der Waals surface area contributed by atoms with Crippen LogP contribution in [-0.2, 0) is 16.6 Å². The zero-order valence-electron chi connectivity index (χ0n) is 12.4. The van der Waals surface area contributed by atoms with Crippen LogP contribution < -0.4 is 5.73 Å². The van der Waals surface area contributed by atoms with E-state index in [1.54, 1.807) is 15.2 Å². The maximum atomic E-state index is 12.8. The van der Waals surface area contributed by atoms with Crippen molar-refractivity contribution in [1.29, 1.82) is 0 Å². The summed E-state index contributed by atoms with van der Waals surface area (Å²) in [5, 5.41) is 4.08. The minimum atomic E-state index is -3.46. The Morgan fingerprint density at radius 3 is 3.00 bits per heavy atom. The summed E-state index contributed by atoms with van der Waals surface area (Å²) >= 11 is 0. The van der Waals surface area contributed by atoms with Crippen molar-refractivity contribution in [3.8, 4) is 0 Å². The standard InChI is InChI=1S/C13H23N5O2S/c1-11-8-16-5-2-3-12(16)9-18(11)21(19,20)13-7-15-17(10-13)6-4-14/h7,10-12H,2-6,8-9,14H2,1H3. The van der Waals surface area contributed by atoms with Crippen molar-refractivity contribution in [2.45, 2.75) is 43.3 Å². The van der Waals surface area contributed by atoms with Crippen LogP contribution in [0.15, 0.2) is 17.3 Å². The highest BCUT2D eigenvalue weighted by atomic mass is 32.2. The topological polar surface area (TPSA) is 84.5 Å². The van der Waals surface area contributed by atoms with E-state index in [9.17, 15) is 8.42 Å². The smallest absolute Gasteiger partial charge is 0.246 e. The van der Waals surface area contributed by atoms with Gasteiger partial charge in [0, 0.05) is 37.9 Å². The van der Waals surface area contributed by atoms with Gasteiger partial charge in [0.05, 0.1) is 12.7 Å². The van der Waals surface area contributed by atoms with Gasteiger partial charge in [0.25, 0.3) is 0 Å². The van der Waals surface area contributed by atoms with Gasteiger partial charge < -0.3 is 5.73 Å². The number of sulfonamides is 1. The lowest BCUT2D eigenvalue weighted by Crippen LogP contribution is -2.56. The van der Waals surface area contributed by atoms with Crippen LogP contribution in [0, 0.1) is 0 Å². The van der Waals surface area contributed by atoms with Gasteiger partial charge in [-0.15, -0.1) is 0 Å². The van der Waals surface area contributed by atoms with Crippen LogP contribution in [0.3, 0.4) is 0 Å². The van der Waals surface area contributed by atoms with Gasteiger partial charge in [0.2, 0.25) is 10.0 Å². The molecule has 8 heteroatoms. The average Bonchev–Trinajstić information content (AvgIpc) is 3.06. The summed E-state index contributed by atoms with van der Waals surface area (Å²) in [6, 6.07) is 0.372. The molecule has 0 aliphatic carbocycles. The van der Waals surface area contributed by atoms with Crippen LogP contribution in [0.4, 0.5) is 0 Å². The largest absolute Gasteiger partial charge is 0.329 e. The molecule has 2 atom stereocenters. The molecule has 2 N–H and O–H groups in total. The average molecular weight is 313 g/mol. The van der Waals surface area contributed by atoms with E-state index in [1.807, 2.05) is 6.92 Å². The third kappa shape index (κ3) is 2.73. The first-order valence-electron chi connectivity index (χ1n) is 7.51. The Labute approximate surface area is 125 Å². The number of nitrogens with zero attached hydrogens (tertiary/aromatic N) is 4. The maximum Gasteiger partial charge on any atom is 0.246 e. The van der Waals surface area contributed by atoms with Crippen LogP contribution in [0.5, 0.6) is 0 Å². The third-order valence-corrected chi connectivity index (χ3v) is 6.39. The van der Waals surface area contributed by atoms with Crippen molar-refractivity contribution in [2.75, 3.05) is 26.2 Å². The molecule has 0 bridgehead atoms. The fraction of sp³-hybridized carbons (Fsp3) is 0.769. The molecule has 0 spiro atoms. The normalized spacial score (nSPS) is 27.9. The quantitative estimate of drug-likeness (QED) is 0.825. The van der Waals surface area contributed by atoms with Crippen LogP contribution in [-0.4, -0.2) is 65.7 Å². The number of hydrogen-bond acceptors (Lipinski definition) is 5. The molecule has 0 aromatic carbocycles. The van der Waals surface area contributed by atoms with Crippen LogP contribution >= 0.6 is 0 Å². The van der Waals surface area contributed by atoms with E-state index in [2.05, 4.69) is 10.00 Å². The molecule has 3 heterocycles. The van der Waals surface area contributed by atoms with Gasteiger partial charge in [-0.25, -0.2) is 8.42 Å². The second kappa shape index (κ2) is 5.68. The second-order valence-corrected chi connectivity index (χ2v) is 7.83. The van der Waals surface area contributed by atoms with Crippen LogP contribution in [0.25, 0.3) is 0 Å². The minimum Gasteiger partial charge on any atom is -0.329 e. The summed E-state index contributed by atoms with van der Waals surface area (Å²) in [4.78, 5) is 2.68. The second-order valence-electron chi connectivity index (χ2n) is 5.94. The summed E-state index contributed by atoms with van der Waals surface area (Å²) in [6.07, 6.45) is 5.26. The molecule has 2 unspecified atom stereocenters. The summed E-state index contributed by atoms with van der Waals surface area (Å²) in [6.45, 7) is 5.46. The Kier molecular flexibility index (Phi) is 4.04. The molecule has 0 amide bonds.